The van der Waals surface area contributed by atoms with Crippen molar-refractivity contribution in [2.75, 3.05) is 7.11 Å². The summed E-state index contributed by atoms with van der Waals surface area (Å²) < 4.78 is 4.92. The zero-order valence-electron chi connectivity index (χ0n) is 17.8. The van der Waals surface area contributed by atoms with Crippen LogP contribution in [0, 0.1) is 0 Å². The van der Waals surface area contributed by atoms with Gasteiger partial charge < -0.3 is 10.1 Å². The van der Waals surface area contributed by atoms with Gasteiger partial charge in [-0.2, -0.15) is 11.8 Å². The summed E-state index contributed by atoms with van der Waals surface area (Å²) >= 11 is 1.92. The van der Waals surface area contributed by atoms with Crippen molar-refractivity contribution >= 4 is 28.6 Å². The van der Waals surface area contributed by atoms with Crippen molar-refractivity contribution in [3.8, 4) is 0 Å². The number of benzene rings is 3. The van der Waals surface area contributed by atoms with E-state index in [9.17, 15) is 4.79 Å². The van der Waals surface area contributed by atoms with Crippen molar-refractivity contribution in [3.05, 3.63) is 83.9 Å². The zero-order valence-corrected chi connectivity index (χ0v) is 18.7. The zero-order chi connectivity index (χ0) is 21.2. The van der Waals surface area contributed by atoms with Crippen LogP contribution >= 0.6 is 11.8 Å². The molecule has 4 heteroatoms. The fourth-order valence-corrected chi connectivity index (χ4v) is 5.02. The van der Waals surface area contributed by atoms with E-state index in [2.05, 4.69) is 79.0 Å². The summed E-state index contributed by atoms with van der Waals surface area (Å²) in [6.45, 7) is 2.19. The van der Waals surface area contributed by atoms with Crippen molar-refractivity contribution in [3.63, 3.8) is 0 Å². The van der Waals surface area contributed by atoms with E-state index < -0.39 is 0 Å². The highest BCUT2D eigenvalue weighted by atomic mass is 32.2. The highest BCUT2D eigenvalue weighted by Crippen LogP contribution is 2.28. The molecular weight excluding hydrogens is 390 g/mol. The quantitative estimate of drug-likeness (QED) is 0.401. The molecule has 0 heterocycles. The van der Waals surface area contributed by atoms with Gasteiger partial charge in [-0.1, -0.05) is 92.6 Å². The van der Waals surface area contributed by atoms with Gasteiger partial charge >= 0.3 is 6.09 Å². The van der Waals surface area contributed by atoms with Crippen LogP contribution in [0.15, 0.2) is 72.8 Å². The molecule has 0 saturated heterocycles. The van der Waals surface area contributed by atoms with Gasteiger partial charge in [-0.05, 0) is 34.7 Å². The van der Waals surface area contributed by atoms with E-state index in [1.807, 2.05) is 17.8 Å². The molecule has 0 aliphatic carbocycles. The van der Waals surface area contributed by atoms with Crippen molar-refractivity contribution in [1.29, 1.82) is 0 Å². The normalized spacial score (nSPS) is 13.0. The van der Waals surface area contributed by atoms with Gasteiger partial charge in [0.25, 0.3) is 0 Å². The van der Waals surface area contributed by atoms with Crippen LogP contribution in [0.2, 0.25) is 0 Å². The molecule has 0 aliphatic heterocycles. The van der Waals surface area contributed by atoms with Crippen LogP contribution in [-0.2, 0) is 16.9 Å². The summed E-state index contributed by atoms with van der Waals surface area (Å²) in [5, 5.41) is 5.89. The molecule has 1 N–H and O–H groups in total. The largest absolute Gasteiger partial charge is 0.453 e. The van der Waals surface area contributed by atoms with E-state index in [1.165, 1.54) is 29.0 Å². The first-order chi connectivity index (χ1) is 14.7. The van der Waals surface area contributed by atoms with Gasteiger partial charge in [-0.3, -0.25) is 0 Å². The molecular formula is C26H31NO2S. The molecule has 0 unspecified atom stereocenters. The van der Waals surface area contributed by atoms with Crippen LogP contribution in [0.4, 0.5) is 4.79 Å². The van der Waals surface area contributed by atoms with Crippen LogP contribution in [0.1, 0.15) is 37.3 Å². The first-order valence-corrected chi connectivity index (χ1v) is 11.7. The summed E-state index contributed by atoms with van der Waals surface area (Å²) in [6, 6.07) is 25.7. The molecule has 0 fully saturated rings. The Morgan fingerprint density at radius 2 is 1.70 bits per heavy atom. The number of thioether (sulfide) groups is 1. The predicted molar refractivity (Wildman–Crippen MR) is 128 cm³/mol. The SMILES string of the molecule is CCCC[C@@H](NC(=O)OC)[C@H](Cc1ccc2ccccc2c1)SCc1ccccc1. The second-order valence-electron chi connectivity index (χ2n) is 7.61. The van der Waals surface area contributed by atoms with Gasteiger partial charge in [0.15, 0.2) is 0 Å². The number of rotatable bonds is 10. The van der Waals surface area contributed by atoms with Gasteiger partial charge in [0, 0.05) is 17.0 Å². The van der Waals surface area contributed by atoms with Crippen LogP contribution in [0.25, 0.3) is 10.8 Å². The average molecular weight is 422 g/mol. The maximum atomic E-state index is 12.0. The van der Waals surface area contributed by atoms with Crippen molar-refractivity contribution in [2.24, 2.45) is 0 Å². The summed E-state index contributed by atoms with van der Waals surface area (Å²) in [7, 11) is 1.43. The van der Waals surface area contributed by atoms with Gasteiger partial charge in [0.05, 0.1) is 7.11 Å². The number of hydrogen-bond donors (Lipinski definition) is 1. The lowest BCUT2D eigenvalue weighted by atomic mass is 9.98. The van der Waals surface area contributed by atoms with Gasteiger partial charge in [0.2, 0.25) is 0 Å². The second kappa shape index (κ2) is 11.7. The molecule has 1 amide bonds. The molecule has 3 rings (SSSR count). The van der Waals surface area contributed by atoms with Crippen molar-refractivity contribution in [2.45, 2.75) is 49.7 Å². The van der Waals surface area contributed by atoms with E-state index in [1.54, 1.807) is 0 Å². The Labute approximate surface area is 184 Å². The van der Waals surface area contributed by atoms with E-state index in [0.29, 0.717) is 0 Å². The number of ether oxygens (including phenoxy) is 1. The number of unbranched alkanes of at least 4 members (excludes halogenated alkanes) is 1. The fraction of sp³-hybridized carbons (Fsp3) is 0.346. The molecule has 3 nitrogen and oxygen atoms in total. The van der Waals surface area contributed by atoms with Crippen LogP contribution < -0.4 is 5.32 Å². The maximum Gasteiger partial charge on any atom is 0.407 e. The highest BCUT2D eigenvalue weighted by molar-refractivity contribution is 7.99. The van der Waals surface area contributed by atoms with E-state index in [0.717, 1.165) is 31.4 Å². The van der Waals surface area contributed by atoms with E-state index in [-0.39, 0.29) is 17.4 Å². The fourth-order valence-electron chi connectivity index (χ4n) is 3.68. The molecule has 0 spiro atoms. The molecule has 0 aliphatic rings. The third kappa shape index (κ3) is 6.53. The van der Waals surface area contributed by atoms with Crippen molar-refractivity contribution < 1.29 is 9.53 Å². The molecule has 30 heavy (non-hydrogen) atoms. The maximum absolute atomic E-state index is 12.0. The molecule has 3 aromatic carbocycles. The number of methoxy groups -OCH3 is 1. The Kier molecular flexibility index (Phi) is 8.64. The second-order valence-corrected chi connectivity index (χ2v) is 8.83. The van der Waals surface area contributed by atoms with E-state index in [4.69, 9.17) is 4.74 Å². The lowest BCUT2D eigenvalue weighted by molar-refractivity contribution is 0.165. The lowest BCUT2D eigenvalue weighted by Crippen LogP contribution is -2.43. The number of carbonyl (C=O) groups is 1. The van der Waals surface area contributed by atoms with Crippen LogP contribution in [-0.4, -0.2) is 24.5 Å². The minimum absolute atomic E-state index is 0.0672. The Balaban J connectivity index is 1.82. The Morgan fingerprint density at radius 1 is 0.967 bits per heavy atom. The lowest BCUT2D eigenvalue weighted by Gasteiger charge is -2.28. The molecule has 0 radical (unpaired) electrons. The van der Waals surface area contributed by atoms with Gasteiger partial charge in [0.1, 0.15) is 0 Å². The van der Waals surface area contributed by atoms with Gasteiger partial charge in [-0.25, -0.2) is 4.79 Å². The number of fused-ring (bicyclic) bond motifs is 1. The van der Waals surface area contributed by atoms with Crippen LogP contribution in [0.3, 0.4) is 0 Å². The Hall–Kier alpha value is -2.46. The third-order valence-electron chi connectivity index (χ3n) is 5.36. The molecule has 0 aromatic heterocycles. The third-order valence-corrected chi connectivity index (χ3v) is 6.79. The Morgan fingerprint density at radius 3 is 2.43 bits per heavy atom. The molecule has 0 saturated carbocycles. The summed E-state index contributed by atoms with van der Waals surface area (Å²) in [5.74, 6) is 0.921. The topological polar surface area (TPSA) is 38.3 Å². The minimum Gasteiger partial charge on any atom is -0.453 e. The predicted octanol–water partition coefficient (Wildman–Crippen LogP) is 6.60. The molecule has 158 valence electrons. The standard InChI is InChI=1S/C26H31NO2S/c1-3-4-14-24(27-26(28)29-2)25(30-19-20-10-6-5-7-11-20)18-21-15-16-22-12-8-9-13-23(22)17-21/h5-13,15-17,24-25H,3-4,14,18-19H2,1-2H3,(H,27,28)/t24-,25+/m1/s1. The first-order valence-electron chi connectivity index (χ1n) is 10.7. The minimum atomic E-state index is -0.347. The summed E-state index contributed by atoms with van der Waals surface area (Å²) in [4.78, 5) is 12.0. The van der Waals surface area contributed by atoms with E-state index >= 15 is 0 Å². The van der Waals surface area contributed by atoms with Crippen molar-refractivity contribution in [1.82, 2.24) is 5.32 Å². The number of carbonyl (C=O) groups excluding carboxylic acids is 1. The molecule has 2 atom stereocenters. The number of amides is 1. The summed E-state index contributed by atoms with van der Waals surface area (Å²) in [5.41, 5.74) is 2.60. The monoisotopic (exact) mass is 421 g/mol. The Bertz CT molecular complexity index is 928. The van der Waals surface area contributed by atoms with Gasteiger partial charge in [-0.15, -0.1) is 0 Å². The number of nitrogens with one attached hydrogen (secondary N) is 1. The number of alkyl carbamates (subject to hydrolysis) is 1. The first kappa shape index (κ1) is 22.2. The average Bonchev–Trinajstić information content (AvgIpc) is 2.79. The number of hydrogen-bond acceptors (Lipinski definition) is 3. The van der Waals surface area contributed by atoms with Crippen LogP contribution in [0.5, 0.6) is 0 Å². The highest BCUT2D eigenvalue weighted by Gasteiger charge is 2.24. The smallest absolute Gasteiger partial charge is 0.407 e. The molecule has 3 aromatic rings. The summed E-state index contributed by atoms with van der Waals surface area (Å²) in [6.07, 6.45) is 3.69. The molecule has 0 bridgehead atoms.